The van der Waals surface area contributed by atoms with Gasteiger partial charge in [-0.3, -0.25) is 14.5 Å². The number of anilines is 2. The van der Waals surface area contributed by atoms with Crippen LogP contribution >= 0.6 is 11.3 Å². The number of amides is 2. The fourth-order valence-corrected chi connectivity index (χ4v) is 3.87. The van der Waals surface area contributed by atoms with Crippen LogP contribution in [0, 0.1) is 13.8 Å². The molecule has 1 aromatic carbocycles. The molecule has 2 heterocycles. The zero-order valence-corrected chi connectivity index (χ0v) is 16.1. The molecule has 2 aromatic rings. The van der Waals surface area contributed by atoms with Crippen LogP contribution in [0.15, 0.2) is 24.3 Å². The van der Waals surface area contributed by atoms with Gasteiger partial charge < -0.3 is 14.8 Å². The molecule has 0 aliphatic carbocycles. The predicted octanol–water partition coefficient (Wildman–Crippen LogP) is 2.91. The topological polar surface area (TPSA) is 84.9 Å². The van der Waals surface area contributed by atoms with Gasteiger partial charge in [-0.1, -0.05) is 12.1 Å². The second-order valence-corrected chi connectivity index (χ2v) is 7.22. The SMILES string of the molecule is CCOC(=O)c1c(NC(=O)CN2C(=O)COc3ccccc32)sc(C)c1C. The number of nitrogens with zero attached hydrogens (tertiary/aromatic N) is 1. The van der Waals surface area contributed by atoms with Crippen molar-refractivity contribution in [3.05, 3.63) is 40.3 Å². The lowest BCUT2D eigenvalue weighted by Crippen LogP contribution is -2.43. The third kappa shape index (κ3) is 3.80. The van der Waals surface area contributed by atoms with Crippen molar-refractivity contribution in [3.63, 3.8) is 0 Å². The molecule has 1 aromatic heterocycles. The van der Waals surface area contributed by atoms with Gasteiger partial charge >= 0.3 is 5.97 Å². The van der Waals surface area contributed by atoms with Crippen LogP contribution in [-0.2, 0) is 14.3 Å². The Balaban J connectivity index is 1.80. The van der Waals surface area contributed by atoms with E-state index in [1.54, 1.807) is 31.2 Å². The van der Waals surface area contributed by atoms with Crippen LogP contribution in [0.2, 0.25) is 0 Å². The average molecular weight is 388 g/mol. The molecular formula is C19H20N2O5S. The lowest BCUT2D eigenvalue weighted by Gasteiger charge is -2.28. The van der Waals surface area contributed by atoms with Crippen molar-refractivity contribution in [2.24, 2.45) is 0 Å². The van der Waals surface area contributed by atoms with Gasteiger partial charge in [-0.15, -0.1) is 11.3 Å². The van der Waals surface area contributed by atoms with Crippen LogP contribution in [0.5, 0.6) is 5.75 Å². The lowest BCUT2D eigenvalue weighted by molar-refractivity contribution is -0.123. The summed E-state index contributed by atoms with van der Waals surface area (Å²) in [5.41, 5.74) is 1.69. The Bertz CT molecular complexity index is 906. The standard InChI is InChI=1S/C19H20N2O5S/c1-4-25-19(24)17-11(2)12(3)27-18(17)20-15(22)9-21-13-7-5-6-8-14(13)26-10-16(21)23/h5-8H,4,9-10H2,1-3H3,(H,20,22). The third-order valence-electron chi connectivity index (χ3n) is 4.23. The molecule has 142 valence electrons. The minimum atomic E-state index is -0.470. The first-order chi connectivity index (χ1) is 12.9. The summed E-state index contributed by atoms with van der Waals surface area (Å²) >= 11 is 1.31. The first kappa shape index (κ1) is 18.9. The van der Waals surface area contributed by atoms with Gasteiger partial charge in [-0.05, 0) is 38.5 Å². The molecule has 27 heavy (non-hydrogen) atoms. The Morgan fingerprint density at radius 1 is 1.30 bits per heavy atom. The van der Waals surface area contributed by atoms with E-state index in [1.807, 2.05) is 13.8 Å². The highest BCUT2D eigenvalue weighted by Crippen LogP contribution is 2.34. The van der Waals surface area contributed by atoms with E-state index in [0.717, 1.165) is 10.4 Å². The predicted molar refractivity (Wildman–Crippen MR) is 103 cm³/mol. The summed E-state index contributed by atoms with van der Waals surface area (Å²) in [5.74, 6) is -0.609. The smallest absolute Gasteiger partial charge is 0.341 e. The monoisotopic (exact) mass is 388 g/mol. The number of ether oxygens (including phenoxy) is 2. The van der Waals surface area contributed by atoms with Crippen molar-refractivity contribution < 1.29 is 23.9 Å². The zero-order valence-electron chi connectivity index (χ0n) is 15.3. The first-order valence-electron chi connectivity index (χ1n) is 8.51. The molecule has 0 radical (unpaired) electrons. The highest BCUT2D eigenvalue weighted by atomic mass is 32.1. The van der Waals surface area contributed by atoms with Crippen molar-refractivity contribution >= 4 is 39.8 Å². The summed E-state index contributed by atoms with van der Waals surface area (Å²) < 4.78 is 10.5. The Morgan fingerprint density at radius 2 is 2.04 bits per heavy atom. The third-order valence-corrected chi connectivity index (χ3v) is 5.35. The molecule has 1 N–H and O–H groups in total. The molecule has 8 heteroatoms. The minimum Gasteiger partial charge on any atom is -0.482 e. The summed E-state index contributed by atoms with van der Waals surface area (Å²) in [6.07, 6.45) is 0. The van der Waals surface area contributed by atoms with Crippen LogP contribution in [0.1, 0.15) is 27.7 Å². The maximum absolute atomic E-state index is 12.6. The van der Waals surface area contributed by atoms with Crippen molar-refractivity contribution in [1.29, 1.82) is 0 Å². The highest BCUT2D eigenvalue weighted by molar-refractivity contribution is 7.16. The van der Waals surface area contributed by atoms with Crippen molar-refractivity contribution in [2.45, 2.75) is 20.8 Å². The largest absolute Gasteiger partial charge is 0.482 e. The zero-order chi connectivity index (χ0) is 19.6. The van der Waals surface area contributed by atoms with Gasteiger partial charge in [0.1, 0.15) is 17.3 Å². The number of benzene rings is 1. The summed E-state index contributed by atoms with van der Waals surface area (Å²) in [5, 5.41) is 3.19. The van der Waals surface area contributed by atoms with Crippen LogP contribution in [0.3, 0.4) is 0 Å². The molecule has 2 amide bonds. The number of nitrogens with one attached hydrogen (secondary N) is 1. The fraction of sp³-hybridized carbons (Fsp3) is 0.316. The first-order valence-corrected chi connectivity index (χ1v) is 9.33. The van der Waals surface area contributed by atoms with Crippen LogP contribution in [0.25, 0.3) is 0 Å². The van der Waals surface area contributed by atoms with Crippen molar-refractivity contribution in [3.8, 4) is 5.75 Å². The summed E-state index contributed by atoms with van der Waals surface area (Å²) in [7, 11) is 0. The van der Waals surface area contributed by atoms with Gasteiger partial charge in [-0.25, -0.2) is 4.79 Å². The Kier molecular flexibility index (Phi) is 5.46. The van der Waals surface area contributed by atoms with E-state index < -0.39 is 11.9 Å². The second-order valence-electron chi connectivity index (χ2n) is 5.99. The van der Waals surface area contributed by atoms with E-state index in [0.29, 0.717) is 22.0 Å². The second kappa shape index (κ2) is 7.79. The Morgan fingerprint density at radius 3 is 2.78 bits per heavy atom. The molecule has 0 saturated carbocycles. The number of rotatable bonds is 5. The molecule has 3 rings (SSSR count). The van der Waals surface area contributed by atoms with E-state index in [1.165, 1.54) is 16.2 Å². The Hall–Kier alpha value is -2.87. The van der Waals surface area contributed by atoms with Gasteiger partial charge in [0.2, 0.25) is 5.91 Å². The van der Waals surface area contributed by atoms with Gasteiger partial charge in [0.15, 0.2) is 6.61 Å². The van der Waals surface area contributed by atoms with E-state index in [-0.39, 0.29) is 25.7 Å². The molecule has 0 saturated heterocycles. The number of esters is 1. The van der Waals surface area contributed by atoms with Gasteiger partial charge in [-0.2, -0.15) is 0 Å². The maximum Gasteiger partial charge on any atom is 0.341 e. The number of para-hydroxylation sites is 2. The van der Waals surface area contributed by atoms with E-state index >= 15 is 0 Å². The van der Waals surface area contributed by atoms with Gasteiger partial charge in [0, 0.05) is 4.88 Å². The van der Waals surface area contributed by atoms with Crippen LogP contribution in [-0.4, -0.2) is 37.5 Å². The number of carbonyl (C=O) groups is 3. The summed E-state index contributed by atoms with van der Waals surface area (Å²) in [6, 6.07) is 7.05. The number of fused-ring (bicyclic) bond motifs is 1. The maximum atomic E-state index is 12.6. The molecule has 7 nitrogen and oxygen atoms in total. The quantitative estimate of drug-likeness (QED) is 0.796. The molecular weight excluding hydrogens is 368 g/mol. The van der Waals surface area contributed by atoms with E-state index in [4.69, 9.17) is 9.47 Å². The van der Waals surface area contributed by atoms with Crippen LogP contribution in [0.4, 0.5) is 10.7 Å². The summed E-state index contributed by atoms with van der Waals surface area (Å²) in [6.45, 7) is 5.38. The fourth-order valence-electron chi connectivity index (χ4n) is 2.80. The normalized spacial score (nSPS) is 13.0. The van der Waals surface area contributed by atoms with E-state index in [2.05, 4.69) is 5.32 Å². The molecule has 0 spiro atoms. The molecule has 0 bridgehead atoms. The molecule has 1 aliphatic rings. The molecule has 0 fully saturated rings. The highest BCUT2D eigenvalue weighted by Gasteiger charge is 2.28. The number of hydrogen-bond acceptors (Lipinski definition) is 6. The minimum absolute atomic E-state index is 0.115. The number of hydrogen-bond donors (Lipinski definition) is 1. The average Bonchev–Trinajstić information content (AvgIpc) is 2.91. The molecule has 1 aliphatic heterocycles. The van der Waals surface area contributed by atoms with Crippen LogP contribution < -0.4 is 15.0 Å². The number of carbonyl (C=O) groups excluding carboxylic acids is 3. The summed E-state index contributed by atoms with van der Waals surface area (Å²) in [4.78, 5) is 39.3. The lowest BCUT2D eigenvalue weighted by atomic mass is 10.1. The number of thiophene rings is 1. The van der Waals surface area contributed by atoms with Crippen molar-refractivity contribution in [1.82, 2.24) is 0 Å². The number of aryl methyl sites for hydroxylation is 1. The molecule has 0 atom stereocenters. The van der Waals surface area contributed by atoms with E-state index in [9.17, 15) is 14.4 Å². The Labute approximate surface area is 160 Å². The van der Waals surface area contributed by atoms with Crippen molar-refractivity contribution in [2.75, 3.05) is 30.0 Å². The van der Waals surface area contributed by atoms with Gasteiger partial charge in [0.25, 0.3) is 5.91 Å². The van der Waals surface area contributed by atoms with Gasteiger partial charge in [0.05, 0.1) is 17.9 Å². The molecule has 0 unspecified atom stereocenters.